The number of esters is 1. The average Bonchev–Trinajstić information content (AvgIpc) is 2.67. The van der Waals surface area contributed by atoms with Crippen LogP contribution >= 0.6 is 15.9 Å². The van der Waals surface area contributed by atoms with E-state index >= 15 is 0 Å². The Bertz CT molecular complexity index is 522. The Hall–Kier alpha value is -1.69. The molecule has 0 saturated heterocycles. The summed E-state index contributed by atoms with van der Waals surface area (Å²) in [6.45, 7) is 1.69. The molecule has 5 nitrogen and oxygen atoms in total. The molecule has 6 heteroatoms. The molecule has 2 rings (SSSR count). The third-order valence-electron chi connectivity index (χ3n) is 1.91. The fourth-order valence-electron chi connectivity index (χ4n) is 1.21. The summed E-state index contributed by atoms with van der Waals surface area (Å²) in [7, 11) is 0. The maximum atomic E-state index is 11.5. The van der Waals surface area contributed by atoms with Crippen molar-refractivity contribution in [1.29, 1.82) is 0 Å². The largest absolute Gasteiger partial charge is 0.426 e. The van der Waals surface area contributed by atoms with E-state index in [1.807, 2.05) is 0 Å². The molecule has 0 radical (unpaired) electrons. The number of ether oxygens (including phenoxy) is 1. The standard InChI is InChI=1S/C11H9BrN2O3/c1-7-13-10(17-14-7)6-11(15)16-9-4-2-8(12)3-5-9/h2-5H,6H2,1H3. The second-order valence-corrected chi connectivity index (χ2v) is 4.26. The fraction of sp³-hybridized carbons (Fsp3) is 0.182. The van der Waals surface area contributed by atoms with Gasteiger partial charge in [-0.3, -0.25) is 4.79 Å². The van der Waals surface area contributed by atoms with Crippen LogP contribution in [-0.4, -0.2) is 16.1 Å². The third kappa shape index (κ3) is 3.39. The lowest BCUT2D eigenvalue weighted by atomic mass is 10.3. The Labute approximate surface area is 106 Å². The van der Waals surface area contributed by atoms with Gasteiger partial charge in [0.25, 0.3) is 0 Å². The van der Waals surface area contributed by atoms with Crippen LogP contribution in [0.4, 0.5) is 0 Å². The normalized spacial score (nSPS) is 10.2. The molecule has 17 heavy (non-hydrogen) atoms. The zero-order valence-electron chi connectivity index (χ0n) is 9.01. The second-order valence-electron chi connectivity index (χ2n) is 3.34. The predicted octanol–water partition coefficient (Wildman–Crippen LogP) is 2.29. The fourth-order valence-corrected chi connectivity index (χ4v) is 1.47. The number of hydrogen-bond donors (Lipinski definition) is 0. The summed E-state index contributed by atoms with van der Waals surface area (Å²) in [5, 5.41) is 3.59. The zero-order chi connectivity index (χ0) is 12.3. The molecule has 1 heterocycles. The first-order valence-electron chi connectivity index (χ1n) is 4.89. The van der Waals surface area contributed by atoms with Crippen LogP contribution in [0.1, 0.15) is 11.7 Å². The number of nitrogens with zero attached hydrogens (tertiary/aromatic N) is 2. The highest BCUT2D eigenvalue weighted by Gasteiger charge is 2.11. The van der Waals surface area contributed by atoms with Crippen LogP contribution < -0.4 is 4.74 Å². The van der Waals surface area contributed by atoms with Crippen molar-refractivity contribution >= 4 is 21.9 Å². The molecule has 0 amide bonds. The summed E-state index contributed by atoms with van der Waals surface area (Å²) in [5.74, 6) is 0.798. The van der Waals surface area contributed by atoms with E-state index in [2.05, 4.69) is 26.1 Å². The van der Waals surface area contributed by atoms with Crippen molar-refractivity contribution in [3.63, 3.8) is 0 Å². The maximum Gasteiger partial charge on any atom is 0.320 e. The molecular weight excluding hydrogens is 288 g/mol. The van der Waals surface area contributed by atoms with Gasteiger partial charge in [0.15, 0.2) is 5.82 Å². The third-order valence-corrected chi connectivity index (χ3v) is 2.44. The number of aryl methyl sites for hydroxylation is 1. The van der Waals surface area contributed by atoms with Gasteiger partial charge in [0.1, 0.15) is 12.2 Å². The summed E-state index contributed by atoms with van der Waals surface area (Å²) in [5.41, 5.74) is 0. The quantitative estimate of drug-likeness (QED) is 0.642. The lowest BCUT2D eigenvalue weighted by Gasteiger charge is -2.01. The SMILES string of the molecule is Cc1noc(CC(=O)Oc2ccc(Br)cc2)n1. The molecule has 0 aliphatic heterocycles. The summed E-state index contributed by atoms with van der Waals surface area (Å²) >= 11 is 3.29. The molecule has 0 aliphatic rings. The minimum atomic E-state index is -0.434. The van der Waals surface area contributed by atoms with E-state index in [0.29, 0.717) is 11.6 Å². The first-order chi connectivity index (χ1) is 8.13. The monoisotopic (exact) mass is 296 g/mol. The van der Waals surface area contributed by atoms with Gasteiger partial charge in [-0.1, -0.05) is 21.1 Å². The van der Waals surface area contributed by atoms with E-state index in [4.69, 9.17) is 9.26 Å². The molecule has 0 fully saturated rings. The topological polar surface area (TPSA) is 65.2 Å². The van der Waals surface area contributed by atoms with Gasteiger partial charge in [-0.15, -0.1) is 0 Å². The molecule has 0 unspecified atom stereocenters. The number of rotatable bonds is 3. The van der Waals surface area contributed by atoms with E-state index in [1.165, 1.54) is 0 Å². The minimum Gasteiger partial charge on any atom is -0.426 e. The summed E-state index contributed by atoms with van der Waals surface area (Å²) in [6.07, 6.45) is -0.0308. The summed E-state index contributed by atoms with van der Waals surface area (Å²) in [6, 6.07) is 6.97. The van der Waals surface area contributed by atoms with Crippen molar-refractivity contribution < 1.29 is 14.1 Å². The number of aromatic nitrogens is 2. The van der Waals surface area contributed by atoms with Crippen LogP contribution in [0.25, 0.3) is 0 Å². The van der Waals surface area contributed by atoms with E-state index < -0.39 is 5.97 Å². The Kier molecular flexibility index (Phi) is 3.53. The van der Waals surface area contributed by atoms with E-state index in [1.54, 1.807) is 31.2 Å². The molecular formula is C11H9BrN2O3. The molecule has 2 aromatic rings. The highest BCUT2D eigenvalue weighted by Crippen LogP contribution is 2.16. The van der Waals surface area contributed by atoms with Crippen LogP contribution in [0.3, 0.4) is 0 Å². The van der Waals surface area contributed by atoms with Crippen molar-refractivity contribution in [3.8, 4) is 5.75 Å². The molecule has 0 bridgehead atoms. The van der Waals surface area contributed by atoms with Crippen LogP contribution in [0.2, 0.25) is 0 Å². The first kappa shape index (κ1) is 11.8. The lowest BCUT2D eigenvalue weighted by molar-refractivity contribution is -0.134. The number of benzene rings is 1. The van der Waals surface area contributed by atoms with Crippen molar-refractivity contribution in [2.75, 3.05) is 0 Å². The van der Waals surface area contributed by atoms with Crippen LogP contribution in [0, 0.1) is 6.92 Å². The molecule has 0 saturated carbocycles. The number of carbonyl (C=O) groups is 1. The molecule has 0 N–H and O–H groups in total. The van der Waals surface area contributed by atoms with Gasteiger partial charge >= 0.3 is 5.97 Å². The Balaban J connectivity index is 1.95. The van der Waals surface area contributed by atoms with Crippen LogP contribution in [-0.2, 0) is 11.2 Å². The van der Waals surface area contributed by atoms with Crippen molar-refractivity contribution in [2.24, 2.45) is 0 Å². The van der Waals surface area contributed by atoms with E-state index in [0.717, 1.165) is 4.47 Å². The average molecular weight is 297 g/mol. The van der Waals surface area contributed by atoms with E-state index in [-0.39, 0.29) is 12.3 Å². The Morgan fingerprint density at radius 2 is 2.12 bits per heavy atom. The van der Waals surface area contributed by atoms with Gasteiger partial charge in [-0.25, -0.2) is 0 Å². The van der Waals surface area contributed by atoms with Crippen molar-refractivity contribution in [2.45, 2.75) is 13.3 Å². The molecule has 88 valence electrons. The van der Waals surface area contributed by atoms with Gasteiger partial charge < -0.3 is 9.26 Å². The Morgan fingerprint density at radius 3 is 2.71 bits per heavy atom. The maximum absolute atomic E-state index is 11.5. The molecule has 1 aromatic heterocycles. The Morgan fingerprint density at radius 1 is 1.41 bits per heavy atom. The highest BCUT2D eigenvalue weighted by atomic mass is 79.9. The van der Waals surface area contributed by atoms with Gasteiger partial charge in [-0.2, -0.15) is 4.98 Å². The number of halogens is 1. The highest BCUT2D eigenvalue weighted by molar-refractivity contribution is 9.10. The molecule has 1 aromatic carbocycles. The molecule has 0 aliphatic carbocycles. The number of carbonyl (C=O) groups excluding carboxylic acids is 1. The van der Waals surface area contributed by atoms with Crippen molar-refractivity contribution in [3.05, 3.63) is 40.5 Å². The van der Waals surface area contributed by atoms with Gasteiger partial charge in [0.2, 0.25) is 5.89 Å². The van der Waals surface area contributed by atoms with E-state index in [9.17, 15) is 4.79 Å². The van der Waals surface area contributed by atoms with Gasteiger partial charge in [-0.05, 0) is 31.2 Å². The van der Waals surface area contributed by atoms with Gasteiger partial charge in [0, 0.05) is 4.47 Å². The van der Waals surface area contributed by atoms with Crippen LogP contribution in [0.15, 0.2) is 33.3 Å². The smallest absolute Gasteiger partial charge is 0.320 e. The summed E-state index contributed by atoms with van der Waals surface area (Å²) < 4.78 is 10.8. The van der Waals surface area contributed by atoms with Gasteiger partial charge in [0.05, 0.1) is 0 Å². The zero-order valence-corrected chi connectivity index (χ0v) is 10.6. The lowest BCUT2D eigenvalue weighted by Crippen LogP contribution is -2.11. The summed E-state index contributed by atoms with van der Waals surface area (Å²) in [4.78, 5) is 15.4. The molecule has 0 atom stereocenters. The first-order valence-corrected chi connectivity index (χ1v) is 5.68. The number of hydrogen-bond acceptors (Lipinski definition) is 5. The second kappa shape index (κ2) is 5.09. The van der Waals surface area contributed by atoms with Crippen LogP contribution in [0.5, 0.6) is 5.75 Å². The molecule has 0 spiro atoms. The minimum absolute atomic E-state index is 0.0308. The van der Waals surface area contributed by atoms with Crippen molar-refractivity contribution in [1.82, 2.24) is 10.1 Å². The predicted molar refractivity (Wildman–Crippen MR) is 62.5 cm³/mol.